The molecule has 13 atom stereocenters. The van der Waals surface area contributed by atoms with E-state index in [1.807, 2.05) is 6.92 Å². The van der Waals surface area contributed by atoms with E-state index in [1.165, 1.54) is 14.0 Å². The van der Waals surface area contributed by atoms with Crippen LogP contribution >= 0.6 is 0 Å². The Morgan fingerprint density at radius 1 is 0.887 bits per heavy atom. The highest BCUT2D eigenvalue weighted by Gasteiger charge is 2.84. The normalized spacial score (nSPS) is 47.8. The van der Waals surface area contributed by atoms with Crippen LogP contribution in [0.25, 0.3) is 0 Å². The third-order valence-corrected chi connectivity index (χ3v) is 15.4. The summed E-state index contributed by atoms with van der Waals surface area (Å²) in [5.41, 5.74) is -1.97. The number of cyclic esters (lactones) is 3. The molecule has 53 heavy (non-hydrogen) atoms. The Labute approximate surface area is 306 Å². The van der Waals surface area contributed by atoms with Gasteiger partial charge in [-0.2, -0.15) is 0 Å². The van der Waals surface area contributed by atoms with E-state index in [9.17, 15) is 39.0 Å². The maximum atomic E-state index is 14.6. The molecule has 4 unspecified atom stereocenters. The Bertz CT molecular complexity index is 1910. The lowest BCUT2D eigenvalue weighted by atomic mass is 9.42. The SMILES string of the molecule is COC(=O)/C(C)=C1\C(=O)[C@H](O)[C@]2(C)C3=C(CC4C5(OC(=O)C6=C5CC5[C@]4(C)[C@@H]4C[C@@H]4[C@@]5(O)COC(=O)C[C@@H](C)COC(=O)CCC(=O)OC6)C31)[C@H]1C[C@H]12. The highest BCUT2D eigenvalue weighted by molar-refractivity contribution is 6.09. The molecular weight excluding hydrogens is 688 g/mol. The number of aliphatic hydroxyl groups is 2. The first-order valence-electron chi connectivity index (χ1n) is 18.9. The van der Waals surface area contributed by atoms with Crippen molar-refractivity contribution in [2.45, 2.75) is 89.9 Å². The summed E-state index contributed by atoms with van der Waals surface area (Å²) in [6.07, 6.45) is 0.0629. The number of fused-ring (bicyclic) bond motifs is 7. The van der Waals surface area contributed by atoms with Crippen molar-refractivity contribution >= 4 is 35.6 Å². The topological polar surface area (TPSA) is 189 Å². The van der Waals surface area contributed by atoms with E-state index >= 15 is 0 Å². The van der Waals surface area contributed by atoms with E-state index in [0.717, 1.165) is 17.6 Å². The zero-order valence-electron chi connectivity index (χ0n) is 30.7. The summed E-state index contributed by atoms with van der Waals surface area (Å²) in [4.78, 5) is 80.8. The van der Waals surface area contributed by atoms with Crippen LogP contribution in [0.3, 0.4) is 0 Å². The standard InChI is InChI=1S/C40H46O13/c1-16-8-29(43)52-15-39(48)24-11-23(24)37(3)25(39)12-22-20(14-51-28(42)7-6-27(41)50-13-16)36(47)53-40(22)26(37)10-19-18-9-21(18)38(4)31(19)32(40)30(33(44)34(38)45)17(2)35(46)49-5/h16,18,21,23-26,32,34,45,48H,6-15H2,1-5H3/b30-17-/t16-,18-,21-,23-,24+,25?,26?,32?,34+,37+,38+,39+,40?/m1/s1. The molecule has 9 aliphatic rings. The first-order chi connectivity index (χ1) is 25.0. The molecular formula is C40H46O13. The number of rotatable bonds is 1. The minimum absolute atomic E-state index is 0.00404. The molecule has 5 saturated carbocycles. The predicted molar refractivity (Wildman–Crippen MR) is 179 cm³/mol. The van der Waals surface area contributed by atoms with Crippen LogP contribution in [0.1, 0.15) is 72.6 Å². The number of allylic oxidation sites excluding steroid dienone is 1. The summed E-state index contributed by atoms with van der Waals surface area (Å²) in [5.74, 6) is -6.34. The average molecular weight is 735 g/mol. The first kappa shape index (κ1) is 34.9. The number of ketones is 1. The largest absolute Gasteiger partial charge is 0.466 e. The predicted octanol–water partition coefficient (Wildman–Crippen LogP) is 2.46. The molecule has 9 rings (SSSR count). The second-order valence-corrected chi connectivity index (χ2v) is 17.7. The molecule has 284 valence electrons. The molecule has 0 aromatic rings. The van der Waals surface area contributed by atoms with Gasteiger partial charge in [0.05, 0.1) is 44.5 Å². The zero-order valence-corrected chi connectivity index (χ0v) is 30.7. The molecule has 7 aliphatic carbocycles. The van der Waals surface area contributed by atoms with Crippen LogP contribution in [0, 0.1) is 58.2 Å². The fourth-order valence-electron chi connectivity index (χ4n) is 12.9. The molecule has 0 aromatic heterocycles. The van der Waals surface area contributed by atoms with E-state index < -0.39 is 88.1 Å². The monoisotopic (exact) mass is 734 g/mol. The number of methoxy groups -OCH3 is 1. The molecule has 2 N–H and O–H groups in total. The maximum Gasteiger partial charge on any atom is 0.338 e. The van der Waals surface area contributed by atoms with Gasteiger partial charge in [0, 0.05) is 34.3 Å². The summed E-state index contributed by atoms with van der Waals surface area (Å²) in [5, 5.41) is 24.6. The number of aliphatic hydroxyl groups excluding tert-OH is 1. The quantitative estimate of drug-likeness (QED) is 0.173. The number of carbonyl (C=O) groups is 6. The van der Waals surface area contributed by atoms with Gasteiger partial charge in [0.1, 0.15) is 30.5 Å². The number of Topliss-reactive ketones (excluding diaryl/α,β-unsaturated/α-hetero) is 1. The third kappa shape index (κ3) is 4.32. The highest BCUT2D eigenvalue weighted by atomic mass is 16.6. The van der Waals surface area contributed by atoms with Crippen molar-refractivity contribution in [1.82, 2.24) is 0 Å². The molecule has 2 bridgehead atoms. The van der Waals surface area contributed by atoms with Crippen LogP contribution < -0.4 is 0 Å². The van der Waals surface area contributed by atoms with Gasteiger partial charge in [-0.15, -0.1) is 0 Å². The summed E-state index contributed by atoms with van der Waals surface area (Å²) < 4.78 is 28.6. The van der Waals surface area contributed by atoms with Crippen LogP contribution in [0.15, 0.2) is 33.4 Å². The molecule has 0 amide bonds. The Hall–Kier alpha value is -3.84. The minimum Gasteiger partial charge on any atom is -0.466 e. The van der Waals surface area contributed by atoms with E-state index in [4.69, 9.17) is 23.7 Å². The van der Waals surface area contributed by atoms with Gasteiger partial charge in [0.25, 0.3) is 0 Å². The van der Waals surface area contributed by atoms with Gasteiger partial charge < -0.3 is 33.9 Å². The Kier molecular flexibility index (Phi) is 7.32. The first-order valence-corrected chi connectivity index (χ1v) is 18.9. The average Bonchev–Trinajstić information content (AvgIpc) is 4.04. The summed E-state index contributed by atoms with van der Waals surface area (Å²) >= 11 is 0. The number of hydrogen-bond donors (Lipinski definition) is 2. The maximum absolute atomic E-state index is 14.6. The van der Waals surface area contributed by atoms with Crippen molar-refractivity contribution in [1.29, 1.82) is 0 Å². The fraction of sp³-hybridized carbons (Fsp3) is 0.700. The molecule has 2 aliphatic heterocycles. The van der Waals surface area contributed by atoms with Gasteiger partial charge in [-0.25, -0.2) is 9.59 Å². The van der Waals surface area contributed by atoms with Gasteiger partial charge in [0.15, 0.2) is 5.78 Å². The molecule has 5 fully saturated rings. The second-order valence-electron chi connectivity index (χ2n) is 17.7. The van der Waals surface area contributed by atoms with Gasteiger partial charge in [-0.05, 0) is 72.8 Å². The van der Waals surface area contributed by atoms with Gasteiger partial charge in [-0.3, -0.25) is 19.2 Å². The van der Waals surface area contributed by atoms with Crippen molar-refractivity contribution in [2.24, 2.45) is 58.2 Å². The van der Waals surface area contributed by atoms with Crippen molar-refractivity contribution in [3.63, 3.8) is 0 Å². The molecule has 0 aromatic carbocycles. The molecule has 13 heteroatoms. The number of esters is 5. The summed E-state index contributed by atoms with van der Waals surface area (Å²) in [7, 11) is 1.22. The van der Waals surface area contributed by atoms with Crippen LogP contribution in [0.4, 0.5) is 0 Å². The van der Waals surface area contributed by atoms with Crippen molar-refractivity contribution < 1.29 is 62.7 Å². The van der Waals surface area contributed by atoms with Crippen LogP contribution in [0.2, 0.25) is 0 Å². The summed E-state index contributed by atoms with van der Waals surface area (Å²) in [6, 6.07) is 0. The van der Waals surface area contributed by atoms with Crippen molar-refractivity contribution in [2.75, 3.05) is 26.9 Å². The van der Waals surface area contributed by atoms with Crippen LogP contribution in [0.5, 0.6) is 0 Å². The lowest BCUT2D eigenvalue weighted by Gasteiger charge is -2.63. The zero-order chi connectivity index (χ0) is 37.7. The number of ether oxygens (including phenoxy) is 5. The van der Waals surface area contributed by atoms with Crippen molar-refractivity contribution in [3.05, 3.63) is 33.4 Å². The summed E-state index contributed by atoms with van der Waals surface area (Å²) in [6.45, 7) is 6.51. The smallest absolute Gasteiger partial charge is 0.338 e. The van der Waals surface area contributed by atoms with E-state index in [1.54, 1.807) is 6.92 Å². The third-order valence-electron chi connectivity index (χ3n) is 15.4. The molecule has 2 heterocycles. The van der Waals surface area contributed by atoms with Crippen molar-refractivity contribution in [3.8, 4) is 0 Å². The molecule has 1 spiro atoms. The second kappa shape index (κ2) is 11.1. The highest BCUT2D eigenvalue weighted by Crippen LogP contribution is 2.83. The van der Waals surface area contributed by atoms with Gasteiger partial charge >= 0.3 is 29.8 Å². The number of carbonyl (C=O) groups excluding carboxylic acids is 6. The van der Waals surface area contributed by atoms with Gasteiger partial charge in [0.2, 0.25) is 0 Å². The molecule has 0 saturated heterocycles. The minimum atomic E-state index is -1.50. The van der Waals surface area contributed by atoms with E-state index in [-0.39, 0.29) is 85.2 Å². The lowest BCUT2D eigenvalue weighted by molar-refractivity contribution is -0.192. The van der Waals surface area contributed by atoms with Gasteiger partial charge in [-0.1, -0.05) is 26.3 Å². The Morgan fingerprint density at radius 3 is 2.32 bits per heavy atom. The molecule has 13 nitrogen and oxygen atoms in total. The van der Waals surface area contributed by atoms with E-state index in [0.29, 0.717) is 18.4 Å². The lowest BCUT2D eigenvalue weighted by Crippen LogP contribution is -2.67. The Balaban J connectivity index is 1.25. The molecule has 0 radical (unpaired) electrons. The van der Waals surface area contributed by atoms with E-state index in [2.05, 4.69) is 6.92 Å². The number of hydrogen-bond acceptors (Lipinski definition) is 13. The fourth-order valence-corrected chi connectivity index (χ4v) is 12.9. The Morgan fingerprint density at radius 2 is 1.60 bits per heavy atom. The van der Waals surface area contributed by atoms with Crippen LogP contribution in [-0.2, 0) is 52.5 Å². The van der Waals surface area contributed by atoms with Crippen LogP contribution in [-0.4, -0.2) is 90.1 Å².